The van der Waals surface area contributed by atoms with Crippen molar-refractivity contribution in [2.45, 2.75) is 37.8 Å². The molecule has 0 aliphatic heterocycles. The number of aromatic amines is 1. The van der Waals surface area contributed by atoms with Gasteiger partial charge in [0.05, 0.1) is 36.7 Å². The van der Waals surface area contributed by atoms with Gasteiger partial charge in [0.2, 0.25) is 5.91 Å². The molecule has 3 atom stereocenters. The number of amides is 2. The third-order valence-electron chi connectivity index (χ3n) is 5.06. The quantitative estimate of drug-likeness (QED) is 0.545. The van der Waals surface area contributed by atoms with E-state index >= 15 is 0 Å². The fourth-order valence-corrected chi connectivity index (χ4v) is 3.49. The minimum absolute atomic E-state index is 0.00323. The summed E-state index contributed by atoms with van der Waals surface area (Å²) in [7, 11) is 1.63. The fourth-order valence-electron chi connectivity index (χ4n) is 3.49. The van der Waals surface area contributed by atoms with E-state index in [0.717, 1.165) is 12.8 Å². The second-order valence-electron chi connectivity index (χ2n) is 7.03. The molecule has 3 N–H and O–H groups in total. The summed E-state index contributed by atoms with van der Waals surface area (Å²) >= 11 is 0. The van der Waals surface area contributed by atoms with Crippen molar-refractivity contribution >= 4 is 11.8 Å². The molecule has 0 aromatic carbocycles. The summed E-state index contributed by atoms with van der Waals surface area (Å²) < 4.78 is 11.1. The summed E-state index contributed by atoms with van der Waals surface area (Å²) in [5, 5.41) is 12.4. The first kappa shape index (κ1) is 20.8. The molecule has 0 radical (unpaired) electrons. The van der Waals surface area contributed by atoms with Crippen LogP contribution in [0.25, 0.3) is 0 Å². The summed E-state index contributed by atoms with van der Waals surface area (Å²) in [4.78, 5) is 28.9. The van der Waals surface area contributed by atoms with Crippen molar-refractivity contribution in [3.05, 3.63) is 42.5 Å². The predicted octanol–water partition coefficient (Wildman–Crippen LogP) is 1.30. The van der Waals surface area contributed by atoms with Crippen LogP contribution in [0.3, 0.4) is 0 Å². The summed E-state index contributed by atoms with van der Waals surface area (Å²) in [6, 6.07) is 3.44. The molecule has 2 aromatic rings. The molecule has 0 bridgehead atoms. The van der Waals surface area contributed by atoms with E-state index in [2.05, 4.69) is 25.8 Å². The smallest absolute Gasteiger partial charge is 0.254 e. The number of H-pyrrole nitrogens is 1. The van der Waals surface area contributed by atoms with Crippen molar-refractivity contribution in [1.29, 1.82) is 0 Å². The van der Waals surface area contributed by atoms with E-state index < -0.39 is 0 Å². The Labute approximate surface area is 169 Å². The lowest BCUT2D eigenvalue weighted by Crippen LogP contribution is -2.50. The van der Waals surface area contributed by atoms with E-state index in [1.807, 2.05) is 12.1 Å². The normalized spacial score (nSPS) is 21.3. The largest absolute Gasteiger partial charge is 0.492 e. The number of nitrogens with one attached hydrogen (secondary N) is 3. The van der Waals surface area contributed by atoms with Crippen LogP contribution in [0.2, 0.25) is 0 Å². The maximum absolute atomic E-state index is 12.6. The first-order valence-electron chi connectivity index (χ1n) is 9.80. The number of nitrogens with zero attached hydrogens (tertiary/aromatic N) is 2. The zero-order valence-corrected chi connectivity index (χ0v) is 16.5. The second-order valence-corrected chi connectivity index (χ2v) is 7.03. The van der Waals surface area contributed by atoms with Crippen molar-refractivity contribution in [3.63, 3.8) is 0 Å². The van der Waals surface area contributed by atoms with Crippen LogP contribution >= 0.6 is 0 Å². The highest BCUT2D eigenvalue weighted by Gasteiger charge is 2.35. The summed E-state index contributed by atoms with van der Waals surface area (Å²) in [5.74, 6) is 0.339. The minimum Gasteiger partial charge on any atom is -0.492 e. The Bertz CT molecular complexity index is 768. The number of hydrogen-bond donors (Lipinski definition) is 3. The zero-order valence-electron chi connectivity index (χ0n) is 16.5. The number of aromatic nitrogens is 3. The lowest BCUT2D eigenvalue weighted by molar-refractivity contribution is -0.127. The van der Waals surface area contributed by atoms with Gasteiger partial charge in [-0.1, -0.05) is 0 Å². The maximum Gasteiger partial charge on any atom is 0.254 e. The first-order chi connectivity index (χ1) is 14.2. The van der Waals surface area contributed by atoms with E-state index in [1.54, 1.807) is 19.5 Å². The van der Waals surface area contributed by atoms with Crippen LogP contribution in [0.5, 0.6) is 5.75 Å². The average Bonchev–Trinajstić information content (AvgIpc) is 3.29. The summed E-state index contributed by atoms with van der Waals surface area (Å²) in [6.45, 7) is 1.04. The van der Waals surface area contributed by atoms with Gasteiger partial charge in [-0.05, 0) is 37.8 Å². The van der Waals surface area contributed by atoms with Gasteiger partial charge in [0.25, 0.3) is 5.91 Å². The molecule has 2 amide bonds. The van der Waals surface area contributed by atoms with Crippen molar-refractivity contribution in [2.24, 2.45) is 5.92 Å². The van der Waals surface area contributed by atoms with E-state index in [1.165, 1.54) is 12.4 Å². The first-order valence-corrected chi connectivity index (χ1v) is 9.80. The van der Waals surface area contributed by atoms with Crippen molar-refractivity contribution in [1.82, 2.24) is 25.8 Å². The predicted molar refractivity (Wildman–Crippen MR) is 105 cm³/mol. The van der Waals surface area contributed by atoms with Gasteiger partial charge < -0.3 is 20.1 Å². The fraction of sp³-hybridized carbons (Fsp3) is 0.500. The van der Waals surface area contributed by atoms with Crippen LogP contribution in [0.1, 0.15) is 36.0 Å². The topological polar surface area (TPSA) is 118 Å². The van der Waals surface area contributed by atoms with Crippen molar-refractivity contribution in [3.8, 4) is 5.75 Å². The number of pyridine rings is 1. The molecule has 156 valence electrons. The third kappa shape index (κ3) is 6.02. The molecule has 1 saturated carbocycles. The highest BCUT2D eigenvalue weighted by molar-refractivity contribution is 5.93. The molecular weight excluding hydrogens is 374 g/mol. The average molecular weight is 401 g/mol. The van der Waals surface area contributed by atoms with Crippen LogP contribution in [0, 0.1) is 5.92 Å². The van der Waals surface area contributed by atoms with Crippen LogP contribution in [-0.2, 0) is 9.53 Å². The van der Waals surface area contributed by atoms with Crippen molar-refractivity contribution in [2.75, 3.05) is 20.3 Å². The van der Waals surface area contributed by atoms with E-state index in [0.29, 0.717) is 37.3 Å². The Balaban J connectivity index is 1.42. The SMILES string of the molecule is COC1CCC(C(=O)NCCCOc2cccnc2)CC1NC(=O)c1cn[nH]c1. The monoisotopic (exact) mass is 401 g/mol. The van der Waals surface area contributed by atoms with Gasteiger partial charge in [-0.15, -0.1) is 0 Å². The summed E-state index contributed by atoms with van der Waals surface area (Å²) in [6.07, 6.45) is 8.94. The number of methoxy groups -OCH3 is 1. The lowest BCUT2D eigenvalue weighted by atomic mass is 9.83. The Morgan fingerprint density at radius 1 is 1.31 bits per heavy atom. The molecule has 1 aliphatic rings. The van der Waals surface area contributed by atoms with Crippen LogP contribution in [0.4, 0.5) is 0 Å². The standard InChI is InChI=1S/C20H27N5O4/c1-28-18-6-5-14(10-17(18)25-20(27)15-11-23-24-12-15)19(26)22-8-3-9-29-16-4-2-7-21-13-16/h2,4,7,11-14,17-18H,3,5-6,8-10H2,1H3,(H,22,26)(H,23,24)(H,25,27). The van der Waals surface area contributed by atoms with Crippen LogP contribution in [0.15, 0.2) is 36.9 Å². The van der Waals surface area contributed by atoms with Crippen LogP contribution < -0.4 is 15.4 Å². The maximum atomic E-state index is 12.6. The highest BCUT2D eigenvalue weighted by atomic mass is 16.5. The Morgan fingerprint density at radius 2 is 2.21 bits per heavy atom. The molecule has 0 spiro atoms. The van der Waals surface area contributed by atoms with Crippen molar-refractivity contribution < 1.29 is 19.1 Å². The number of hydrogen-bond acceptors (Lipinski definition) is 6. The number of ether oxygens (including phenoxy) is 2. The Morgan fingerprint density at radius 3 is 2.93 bits per heavy atom. The molecule has 29 heavy (non-hydrogen) atoms. The Hall–Kier alpha value is -2.94. The molecule has 9 nitrogen and oxygen atoms in total. The molecule has 1 aliphatic carbocycles. The summed E-state index contributed by atoms with van der Waals surface area (Å²) in [5.41, 5.74) is 0.458. The number of carbonyl (C=O) groups excluding carboxylic acids is 2. The Kier molecular flexibility index (Phi) is 7.57. The molecule has 3 unspecified atom stereocenters. The van der Waals surface area contributed by atoms with Gasteiger partial charge in [-0.2, -0.15) is 5.10 Å². The second kappa shape index (κ2) is 10.6. The van der Waals surface area contributed by atoms with Gasteiger partial charge in [0.1, 0.15) is 5.75 Å². The molecule has 0 saturated heterocycles. The van der Waals surface area contributed by atoms with E-state index in [9.17, 15) is 9.59 Å². The molecule has 1 fully saturated rings. The van der Waals surface area contributed by atoms with Gasteiger partial charge in [-0.3, -0.25) is 19.7 Å². The third-order valence-corrected chi connectivity index (χ3v) is 5.06. The van der Waals surface area contributed by atoms with Gasteiger partial charge in [0.15, 0.2) is 0 Å². The molecule has 3 rings (SSSR count). The molecule has 2 heterocycles. The highest BCUT2D eigenvalue weighted by Crippen LogP contribution is 2.27. The minimum atomic E-state index is -0.223. The van der Waals surface area contributed by atoms with Gasteiger partial charge in [0, 0.05) is 32.0 Å². The van der Waals surface area contributed by atoms with E-state index in [-0.39, 0.29) is 29.9 Å². The van der Waals surface area contributed by atoms with Crippen LogP contribution in [-0.4, -0.2) is 59.4 Å². The van der Waals surface area contributed by atoms with E-state index in [4.69, 9.17) is 9.47 Å². The van der Waals surface area contributed by atoms with Gasteiger partial charge >= 0.3 is 0 Å². The molecule has 9 heteroatoms. The lowest BCUT2D eigenvalue weighted by Gasteiger charge is -2.35. The number of rotatable bonds is 9. The van der Waals surface area contributed by atoms with Gasteiger partial charge in [-0.25, -0.2) is 0 Å². The number of carbonyl (C=O) groups is 2. The molecule has 2 aromatic heterocycles. The zero-order chi connectivity index (χ0) is 20.5. The molecular formula is C20H27N5O4.